The quantitative estimate of drug-likeness (QED) is 0.573. The first-order valence-electron chi connectivity index (χ1n) is 14.4. The van der Waals surface area contributed by atoms with Crippen LogP contribution in [0.5, 0.6) is 0 Å². The number of carbonyl (C=O) groups is 2. The van der Waals surface area contributed by atoms with Crippen LogP contribution in [0.15, 0.2) is 0 Å². The van der Waals surface area contributed by atoms with Gasteiger partial charge in [-0.1, -0.05) is 34.1 Å². The number of rotatable bonds is 4. The normalized spacial score (nSPS) is 47.4. The highest BCUT2D eigenvalue weighted by atomic mass is 16.2. The van der Waals surface area contributed by atoms with Gasteiger partial charge >= 0.3 is 0 Å². The molecule has 34 heavy (non-hydrogen) atoms. The van der Waals surface area contributed by atoms with Gasteiger partial charge in [0.2, 0.25) is 5.91 Å². The van der Waals surface area contributed by atoms with Crippen LogP contribution in [0.25, 0.3) is 0 Å². The molecule has 5 aliphatic rings. The average Bonchev–Trinajstić information content (AvgIpc) is 3.22. The van der Waals surface area contributed by atoms with E-state index in [1.807, 2.05) is 0 Å². The lowest BCUT2D eigenvalue weighted by Crippen LogP contribution is -2.63. The number of carbonyl (C=O) groups excluding carboxylic acids is 2. The van der Waals surface area contributed by atoms with Gasteiger partial charge < -0.3 is 10.2 Å². The SMILES string of the molecule is CN(C)CCNC(=O)C12CCCC1C1CCC3C(C)(CCC4C(C)(C)C(=O)CCC43C)C1CC2. The van der Waals surface area contributed by atoms with Crippen LogP contribution in [0, 0.1) is 51.2 Å². The summed E-state index contributed by atoms with van der Waals surface area (Å²) in [5.74, 6) is 4.19. The van der Waals surface area contributed by atoms with Crippen molar-refractivity contribution in [1.29, 1.82) is 0 Å². The van der Waals surface area contributed by atoms with Crippen LogP contribution in [0.4, 0.5) is 0 Å². The van der Waals surface area contributed by atoms with E-state index < -0.39 is 0 Å². The maximum atomic E-state index is 13.6. The lowest BCUT2D eigenvalue weighted by atomic mass is 9.36. The van der Waals surface area contributed by atoms with Crippen molar-refractivity contribution in [2.24, 2.45) is 51.2 Å². The molecule has 0 aromatic rings. The second-order valence-electron chi connectivity index (χ2n) is 14.4. The van der Waals surface area contributed by atoms with E-state index >= 15 is 0 Å². The number of likely N-dealkylation sites (N-methyl/N-ethyl adjacent to an activating group) is 1. The number of amides is 1. The summed E-state index contributed by atoms with van der Waals surface area (Å²) >= 11 is 0. The van der Waals surface area contributed by atoms with Crippen molar-refractivity contribution in [3.63, 3.8) is 0 Å². The summed E-state index contributed by atoms with van der Waals surface area (Å²) in [6, 6.07) is 0. The molecule has 0 aromatic heterocycles. The molecule has 4 heteroatoms. The zero-order valence-electron chi connectivity index (χ0n) is 22.8. The van der Waals surface area contributed by atoms with Crippen LogP contribution in [0.3, 0.4) is 0 Å². The molecular formula is C30H50N2O2. The highest BCUT2D eigenvalue weighted by Crippen LogP contribution is 2.72. The fraction of sp³-hybridized carbons (Fsp3) is 0.933. The molecule has 8 atom stereocenters. The van der Waals surface area contributed by atoms with Gasteiger partial charge in [-0.05, 0) is 112 Å². The molecule has 0 spiro atoms. The van der Waals surface area contributed by atoms with E-state index in [2.05, 4.69) is 52.0 Å². The Hall–Kier alpha value is -0.900. The molecule has 192 valence electrons. The topological polar surface area (TPSA) is 49.4 Å². The van der Waals surface area contributed by atoms with Crippen LogP contribution in [-0.2, 0) is 9.59 Å². The largest absolute Gasteiger partial charge is 0.354 e. The fourth-order valence-electron chi connectivity index (χ4n) is 11.0. The van der Waals surface area contributed by atoms with E-state index in [-0.39, 0.29) is 10.8 Å². The zero-order chi connectivity index (χ0) is 24.5. The van der Waals surface area contributed by atoms with E-state index in [9.17, 15) is 9.59 Å². The molecule has 1 N–H and O–H groups in total. The molecule has 0 saturated heterocycles. The highest BCUT2D eigenvalue weighted by molar-refractivity contribution is 5.85. The zero-order valence-corrected chi connectivity index (χ0v) is 22.8. The Morgan fingerprint density at radius 1 is 0.882 bits per heavy atom. The van der Waals surface area contributed by atoms with Gasteiger partial charge in [-0.15, -0.1) is 0 Å². The monoisotopic (exact) mass is 470 g/mol. The first-order chi connectivity index (χ1) is 16.0. The Balaban J connectivity index is 1.39. The second-order valence-corrected chi connectivity index (χ2v) is 14.4. The van der Waals surface area contributed by atoms with Crippen LogP contribution >= 0.6 is 0 Å². The summed E-state index contributed by atoms with van der Waals surface area (Å²) in [4.78, 5) is 28.6. The summed E-state index contributed by atoms with van der Waals surface area (Å²) in [6.07, 6.45) is 12.9. The Bertz CT molecular complexity index is 836. The minimum atomic E-state index is -0.164. The molecule has 1 amide bonds. The van der Waals surface area contributed by atoms with Crippen molar-refractivity contribution < 1.29 is 9.59 Å². The lowest BCUT2D eigenvalue weighted by molar-refractivity contribution is -0.197. The van der Waals surface area contributed by atoms with E-state index in [1.165, 1.54) is 44.9 Å². The van der Waals surface area contributed by atoms with Crippen molar-refractivity contribution >= 4 is 11.7 Å². The summed E-state index contributed by atoms with van der Waals surface area (Å²) in [6.45, 7) is 11.4. The Morgan fingerprint density at radius 3 is 2.38 bits per heavy atom. The van der Waals surface area contributed by atoms with Crippen molar-refractivity contribution in [3.8, 4) is 0 Å². The molecule has 0 heterocycles. The maximum Gasteiger partial charge on any atom is 0.226 e. The molecule has 4 nitrogen and oxygen atoms in total. The third-order valence-electron chi connectivity index (χ3n) is 12.6. The predicted octanol–water partition coefficient (Wildman–Crippen LogP) is 5.70. The van der Waals surface area contributed by atoms with E-state index in [0.29, 0.717) is 34.4 Å². The summed E-state index contributed by atoms with van der Waals surface area (Å²) in [5.41, 5.74) is 0.407. The lowest BCUT2D eigenvalue weighted by Gasteiger charge is -2.68. The molecule has 8 unspecified atom stereocenters. The van der Waals surface area contributed by atoms with Gasteiger partial charge in [0.25, 0.3) is 0 Å². The number of nitrogens with zero attached hydrogens (tertiary/aromatic N) is 1. The molecule has 5 saturated carbocycles. The minimum Gasteiger partial charge on any atom is -0.354 e. The van der Waals surface area contributed by atoms with Gasteiger partial charge in [0, 0.05) is 24.9 Å². The Morgan fingerprint density at radius 2 is 1.65 bits per heavy atom. The predicted molar refractivity (Wildman–Crippen MR) is 137 cm³/mol. The molecular weight excluding hydrogens is 420 g/mol. The van der Waals surface area contributed by atoms with Crippen LogP contribution in [0.2, 0.25) is 0 Å². The molecule has 0 radical (unpaired) electrons. The number of hydrogen-bond acceptors (Lipinski definition) is 3. The number of ketones is 1. The van der Waals surface area contributed by atoms with Gasteiger partial charge in [-0.25, -0.2) is 0 Å². The van der Waals surface area contributed by atoms with Crippen LogP contribution < -0.4 is 5.32 Å². The number of nitrogens with one attached hydrogen (secondary N) is 1. The third-order valence-corrected chi connectivity index (χ3v) is 12.6. The molecule has 0 bridgehead atoms. The highest BCUT2D eigenvalue weighted by Gasteiger charge is 2.67. The number of fused-ring (bicyclic) bond motifs is 7. The Kier molecular flexibility index (Phi) is 6.06. The standard InChI is InChI=1S/C30H50N2O2/c1-27(2)23-12-15-28(3)21-11-17-30(26(34)31-18-19-32(5)6)14-7-8-22(30)20(21)9-10-24(28)29(23,4)16-13-25(27)33/h20-24H,7-19H2,1-6H3,(H,31,34). The summed E-state index contributed by atoms with van der Waals surface area (Å²) < 4.78 is 0. The van der Waals surface area contributed by atoms with Gasteiger partial charge in [0.1, 0.15) is 5.78 Å². The summed E-state index contributed by atoms with van der Waals surface area (Å²) in [5, 5.41) is 3.35. The number of Topliss-reactive ketones (excluding diaryl/α,β-unsaturated/α-hetero) is 1. The van der Waals surface area contributed by atoms with E-state index in [1.54, 1.807) is 0 Å². The Labute approximate surface area is 208 Å². The summed E-state index contributed by atoms with van der Waals surface area (Å²) in [7, 11) is 4.15. The minimum absolute atomic E-state index is 0.100. The first-order valence-corrected chi connectivity index (χ1v) is 14.4. The van der Waals surface area contributed by atoms with Crippen molar-refractivity contribution in [3.05, 3.63) is 0 Å². The van der Waals surface area contributed by atoms with Gasteiger partial charge in [-0.3, -0.25) is 9.59 Å². The van der Waals surface area contributed by atoms with Crippen LogP contribution in [0.1, 0.15) is 98.3 Å². The molecule has 0 aliphatic heterocycles. The van der Waals surface area contributed by atoms with Crippen molar-refractivity contribution in [1.82, 2.24) is 10.2 Å². The van der Waals surface area contributed by atoms with Crippen molar-refractivity contribution in [2.45, 2.75) is 98.3 Å². The molecule has 5 rings (SSSR count). The van der Waals surface area contributed by atoms with Gasteiger partial charge in [0.05, 0.1) is 5.41 Å². The first kappa shape index (κ1) is 24.8. The second kappa shape index (κ2) is 8.32. The van der Waals surface area contributed by atoms with Gasteiger partial charge in [-0.2, -0.15) is 0 Å². The number of hydrogen-bond donors (Lipinski definition) is 1. The van der Waals surface area contributed by atoms with Crippen molar-refractivity contribution in [2.75, 3.05) is 27.2 Å². The van der Waals surface area contributed by atoms with Gasteiger partial charge in [0.15, 0.2) is 0 Å². The molecule has 0 aromatic carbocycles. The molecule has 5 aliphatic carbocycles. The fourth-order valence-corrected chi connectivity index (χ4v) is 11.0. The molecule has 5 fully saturated rings. The average molecular weight is 471 g/mol. The maximum absolute atomic E-state index is 13.6. The van der Waals surface area contributed by atoms with E-state index in [0.717, 1.165) is 56.5 Å². The smallest absolute Gasteiger partial charge is 0.226 e. The van der Waals surface area contributed by atoms with E-state index in [4.69, 9.17) is 0 Å². The van der Waals surface area contributed by atoms with Crippen LogP contribution in [-0.4, -0.2) is 43.8 Å². The third kappa shape index (κ3) is 3.40.